The van der Waals surface area contributed by atoms with E-state index in [9.17, 15) is 4.79 Å². The molecular weight excluding hydrogens is 284 g/mol. The van der Waals surface area contributed by atoms with Crippen LogP contribution in [0.25, 0.3) is 0 Å². The summed E-state index contributed by atoms with van der Waals surface area (Å²) in [6.45, 7) is 2.00. The van der Waals surface area contributed by atoms with Gasteiger partial charge < -0.3 is 5.32 Å². The molecule has 0 aromatic carbocycles. The zero-order valence-corrected chi connectivity index (χ0v) is 12.9. The van der Waals surface area contributed by atoms with Gasteiger partial charge in [-0.05, 0) is 18.6 Å². The molecular formula is C15H18N4OS. The summed E-state index contributed by atoms with van der Waals surface area (Å²) in [5.74, 6) is 1.42. The number of nitrogens with zero attached hydrogens (tertiary/aromatic N) is 2. The highest BCUT2D eigenvalue weighted by atomic mass is 32.2. The maximum Gasteiger partial charge on any atom is 0.231 e. The maximum absolute atomic E-state index is 12.0. The van der Waals surface area contributed by atoms with Crippen molar-refractivity contribution in [2.75, 3.05) is 12.8 Å². The van der Waals surface area contributed by atoms with Gasteiger partial charge in [-0.3, -0.25) is 20.1 Å². The summed E-state index contributed by atoms with van der Waals surface area (Å²) in [5.41, 5.74) is 0.723. The first-order valence-corrected chi connectivity index (χ1v) is 7.86. The molecule has 21 heavy (non-hydrogen) atoms. The van der Waals surface area contributed by atoms with Crippen LogP contribution in [0, 0.1) is 5.41 Å². The summed E-state index contributed by atoms with van der Waals surface area (Å²) in [5, 5.41) is 11.1. The third kappa shape index (κ3) is 2.55. The molecule has 1 aromatic rings. The minimum absolute atomic E-state index is 0.0208. The smallest absolute Gasteiger partial charge is 0.231 e. The van der Waals surface area contributed by atoms with E-state index in [0.29, 0.717) is 12.3 Å². The minimum Gasteiger partial charge on any atom is -0.346 e. The average Bonchev–Trinajstić information content (AvgIpc) is 2.96. The van der Waals surface area contributed by atoms with Gasteiger partial charge in [0.2, 0.25) is 5.91 Å². The van der Waals surface area contributed by atoms with E-state index in [-0.39, 0.29) is 11.9 Å². The first kappa shape index (κ1) is 14.1. The number of guanidine groups is 1. The molecule has 1 fully saturated rings. The molecule has 2 aliphatic heterocycles. The molecule has 1 saturated heterocycles. The van der Waals surface area contributed by atoms with E-state index in [2.05, 4.69) is 22.4 Å². The number of aromatic nitrogens is 1. The number of carbonyl (C=O) groups excluding carboxylic acids is 1. The highest BCUT2D eigenvalue weighted by Crippen LogP contribution is 2.43. The molecule has 2 N–H and O–H groups in total. The van der Waals surface area contributed by atoms with Crippen LogP contribution in [0.3, 0.4) is 0 Å². The Kier molecular flexibility index (Phi) is 3.49. The molecule has 1 aromatic heterocycles. The zero-order chi connectivity index (χ0) is 15.0. The van der Waals surface area contributed by atoms with Crippen LogP contribution in [0.2, 0.25) is 0 Å². The van der Waals surface area contributed by atoms with Crippen molar-refractivity contribution in [3.8, 4) is 0 Å². The Labute approximate surface area is 128 Å². The lowest BCUT2D eigenvalue weighted by Crippen LogP contribution is -2.60. The Balaban J connectivity index is 1.84. The van der Waals surface area contributed by atoms with Crippen LogP contribution in [-0.2, 0) is 4.79 Å². The van der Waals surface area contributed by atoms with E-state index >= 15 is 0 Å². The predicted octanol–water partition coefficient (Wildman–Crippen LogP) is 1.94. The van der Waals surface area contributed by atoms with Crippen molar-refractivity contribution >= 4 is 23.6 Å². The van der Waals surface area contributed by atoms with Crippen LogP contribution in [0.4, 0.5) is 0 Å². The monoisotopic (exact) mass is 302 g/mol. The van der Waals surface area contributed by atoms with Crippen LogP contribution in [0.1, 0.15) is 24.8 Å². The second kappa shape index (κ2) is 5.18. The van der Waals surface area contributed by atoms with Gasteiger partial charge in [0.05, 0.1) is 12.0 Å². The molecule has 0 aliphatic carbocycles. The Morgan fingerprint density at radius 1 is 1.57 bits per heavy atom. The molecule has 0 saturated carbocycles. The molecule has 1 unspecified atom stereocenters. The van der Waals surface area contributed by atoms with Crippen molar-refractivity contribution in [2.45, 2.75) is 24.8 Å². The minimum atomic E-state index is -0.470. The number of allylic oxidation sites excluding steroid dienone is 1. The lowest BCUT2D eigenvalue weighted by Gasteiger charge is -2.39. The summed E-state index contributed by atoms with van der Waals surface area (Å²) in [4.78, 5) is 18.7. The number of amides is 1. The Morgan fingerprint density at radius 3 is 3.05 bits per heavy atom. The van der Waals surface area contributed by atoms with Gasteiger partial charge in [0.25, 0.3) is 0 Å². The fourth-order valence-corrected chi connectivity index (χ4v) is 4.02. The summed E-state index contributed by atoms with van der Waals surface area (Å²) in [7, 11) is 1.63. The van der Waals surface area contributed by atoms with E-state index < -0.39 is 5.54 Å². The second-order valence-electron chi connectivity index (χ2n) is 5.67. The first-order chi connectivity index (χ1) is 9.99. The number of carbonyl (C=O) groups is 1. The molecule has 2 atom stereocenters. The molecule has 0 bridgehead atoms. The standard InChI is InChI=1S/C15H18N4OS/c1-15(7-13(20)19(2)14(16)18-15)12-6-11(9-21-12)10-4-3-5-17-8-10/h3-6,8,11H,7,9H2,1-2H3,(H2,16,18)/t11?,15-/m0/s1. The normalized spacial score (nSPS) is 29.3. The van der Waals surface area contributed by atoms with E-state index in [1.807, 2.05) is 19.2 Å². The van der Waals surface area contributed by atoms with Crippen LogP contribution < -0.4 is 5.32 Å². The largest absolute Gasteiger partial charge is 0.346 e. The summed E-state index contributed by atoms with van der Waals surface area (Å²) < 4.78 is 0. The lowest BCUT2D eigenvalue weighted by atomic mass is 9.91. The van der Waals surface area contributed by atoms with Crippen molar-refractivity contribution in [2.24, 2.45) is 0 Å². The Bertz CT molecular complexity index is 595. The Morgan fingerprint density at radius 2 is 2.38 bits per heavy atom. The maximum atomic E-state index is 12.0. The summed E-state index contributed by atoms with van der Waals surface area (Å²) in [6.07, 6.45) is 6.25. The fraction of sp³-hybridized carbons (Fsp3) is 0.400. The van der Waals surface area contributed by atoms with E-state index in [0.717, 1.165) is 10.7 Å². The molecule has 0 spiro atoms. The fourth-order valence-electron chi connectivity index (χ4n) is 2.67. The molecule has 5 nitrogen and oxygen atoms in total. The van der Waals surface area contributed by atoms with Crippen molar-refractivity contribution in [1.82, 2.24) is 15.2 Å². The van der Waals surface area contributed by atoms with E-state index in [1.165, 1.54) is 10.5 Å². The zero-order valence-electron chi connectivity index (χ0n) is 12.1. The van der Waals surface area contributed by atoms with Gasteiger partial charge in [-0.2, -0.15) is 0 Å². The van der Waals surface area contributed by atoms with Gasteiger partial charge in [0, 0.05) is 36.0 Å². The molecule has 3 rings (SSSR count). The van der Waals surface area contributed by atoms with Crippen molar-refractivity contribution in [3.05, 3.63) is 41.1 Å². The molecule has 2 aliphatic rings. The van der Waals surface area contributed by atoms with Crippen LogP contribution in [0.5, 0.6) is 0 Å². The number of pyridine rings is 1. The molecule has 6 heteroatoms. The number of nitrogens with one attached hydrogen (secondary N) is 2. The highest BCUT2D eigenvalue weighted by Gasteiger charge is 2.41. The van der Waals surface area contributed by atoms with Gasteiger partial charge in [-0.15, -0.1) is 11.8 Å². The van der Waals surface area contributed by atoms with Crippen LogP contribution in [-0.4, -0.2) is 40.1 Å². The van der Waals surface area contributed by atoms with E-state index in [1.54, 1.807) is 25.0 Å². The SMILES string of the molecule is CN1C(=N)N[C@](C)(C2=CC(c3cccnc3)CS2)CC1=O. The summed E-state index contributed by atoms with van der Waals surface area (Å²) in [6, 6.07) is 4.02. The average molecular weight is 302 g/mol. The topological polar surface area (TPSA) is 69.1 Å². The van der Waals surface area contributed by atoms with Gasteiger partial charge in [0.1, 0.15) is 0 Å². The van der Waals surface area contributed by atoms with Crippen molar-refractivity contribution in [3.63, 3.8) is 0 Å². The Hall–Kier alpha value is -1.82. The highest BCUT2D eigenvalue weighted by molar-refractivity contribution is 8.03. The van der Waals surface area contributed by atoms with Crippen molar-refractivity contribution in [1.29, 1.82) is 5.41 Å². The first-order valence-electron chi connectivity index (χ1n) is 6.88. The van der Waals surface area contributed by atoms with Crippen molar-refractivity contribution < 1.29 is 4.79 Å². The molecule has 110 valence electrons. The summed E-state index contributed by atoms with van der Waals surface area (Å²) >= 11 is 1.76. The van der Waals surface area contributed by atoms with Crippen LogP contribution >= 0.6 is 11.8 Å². The molecule has 1 amide bonds. The third-order valence-corrected chi connectivity index (χ3v) is 5.46. The number of thioether (sulfide) groups is 1. The number of rotatable bonds is 2. The quantitative estimate of drug-likeness (QED) is 0.876. The third-order valence-electron chi connectivity index (χ3n) is 4.04. The number of hydrogen-bond acceptors (Lipinski definition) is 4. The van der Waals surface area contributed by atoms with Gasteiger partial charge >= 0.3 is 0 Å². The van der Waals surface area contributed by atoms with Gasteiger partial charge in [-0.25, -0.2) is 0 Å². The van der Waals surface area contributed by atoms with Gasteiger partial charge in [0.15, 0.2) is 5.96 Å². The second-order valence-corrected chi connectivity index (χ2v) is 6.73. The van der Waals surface area contributed by atoms with E-state index in [4.69, 9.17) is 5.41 Å². The number of hydrogen-bond donors (Lipinski definition) is 2. The lowest BCUT2D eigenvalue weighted by molar-refractivity contribution is -0.128. The molecule has 0 radical (unpaired) electrons. The van der Waals surface area contributed by atoms with Crippen LogP contribution in [0.15, 0.2) is 35.5 Å². The van der Waals surface area contributed by atoms with Gasteiger partial charge in [-0.1, -0.05) is 12.1 Å². The predicted molar refractivity (Wildman–Crippen MR) is 84.2 cm³/mol. The molecule has 3 heterocycles.